The van der Waals surface area contributed by atoms with Crippen LogP contribution < -0.4 is 5.32 Å². The fourth-order valence-electron chi connectivity index (χ4n) is 2.51. The van der Waals surface area contributed by atoms with Gasteiger partial charge in [-0.2, -0.15) is 0 Å². The van der Waals surface area contributed by atoms with Crippen molar-refractivity contribution in [1.29, 1.82) is 0 Å². The van der Waals surface area contributed by atoms with Crippen molar-refractivity contribution >= 4 is 39.2 Å². The van der Waals surface area contributed by atoms with Gasteiger partial charge in [-0.25, -0.2) is 4.98 Å². The van der Waals surface area contributed by atoms with E-state index in [1.807, 2.05) is 24.3 Å². The van der Waals surface area contributed by atoms with Gasteiger partial charge in [0.05, 0.1) is 22.0 Å². The van der Waals surface area contributed by atoms with Crippen molar-refractivity contribution < 1.29 is 14.3 Å². The fourth-order valence-corrected chi connectivity index (χ4v) is 3.51. The number of furan rings is 1. The predicted octanol–water partition coefficient (Wildman–Crippen LogP) is 4.91. The molecule has 0 fully saturated rings. The van der Waals surface area contributed by atoms with E-state index in [2.05, 4.69) is 10.3 Å². The highest BCUT2D eigenvalue weighted by Crippen LogP contribution is 2.36. The molecule has 1 amide bonds. The average Bonchev–Trinajstić information content (AvgIpc) is 3.29. The Morgan fingerprint density at radius 3 is 2.81 bits per heavy atom. The lowest BCUT2D eigenvalue weighted by atomic mass is 10.2. The summed E-state index contributed by atoms with van der Waals surface area (Å²) in [7, 11) is 0. The maximum atomic E-state index is 12.0. The van der Waals surface area contributed by atoms with Gasteiger partial charge < -0.3 is 14.8 Å². The maximum absolute atomic E-state index is 12.0. The van der Waals surface area contributed by atoms with E-state index in [9.17, 15) is 9.90 Å². The molecule has 4 rings (SSSR count). The molecule has 26 heavy (non-hydrogen) atoms. The number of carbonyl (C=O) groups excluding carboxylic acids is 1. The van der Waals surface area contributed by atoms with Gasteiger partial charge in [0.25, 0.3) is 0 Å². The Morgan fingerprint density at radius 2 is 2.04 bits per heavy atom. The molecule has 6 heteroatoms. The van der Waals surface area contributed by atoms with Gasteiger partial charge in [0.1, 0.15) is 16.5 Å². The number of anilines is 1. The quantitative estimate of drug-likeness (QED) is 0.506. The molecule has 0 bridgehead atoms. The summed E-state index contributed by atoms with van der Waals surface area (Å²) in [5.74, 6) is 0.347. The number of nitrogens with zero attached hydrogens (tertiary/aromatic N) is 1. The monoisotopic (exact) mass is 362 g/mol. The average molecular weight is 362 g/mol. The number of hydrogen-bond donors (Lipinski definition) is 2. The van der Waals surface area contributed by atoms with Crippen LogP contribution >= 0.6 is 11.3 Å². The summed E-state index contributed by atoms with van der Waals surface area (Å²) in [6, 6.07) is 16.3. The van der Waals surface area contributed by atoms with Gasteiger partial charge in [0.15, 0.2) is 0 Å². The van der Waals surface area contributed by atoms with Crippen molar-refractivity contribution in [3.63, 3.8) is 0 Å². The van der Waals surface area contributed by atoms with E-state index in [-0.39, 0.29) is 11.7 Å². The molecule has 0 saturated carbocycles. The topological polar surface area (TPSA) is 75.4 Å². The second-order valence-corrected chi connectivity index (χ2v) is 6.59. The number of phenols is 1. The highest BCUT2D eigenvalue weighted by molar-refractivity contribution is 7.21. The smallest absolute Gasteiger partial charge is 0.248 e. The van der Waals surface area contributed by atoms with Gasteiger partial charge in [-0.05, 0) is 42.5 Å². The first-order valence-corrected chi connectivity index (χ1v) is 8.72. The van der Waals surface area contributed by atoms with Gasteiger partial charge >= 0.3 is 0 Å². The van der Waals surface area contributed by atoms with E-state index in [1.165, 1.54) is 29.7 Å². The van der Waals surface area contributed by atoms with E-state index in [0.29, 0.717) is 17.0 Å². The zero-order valence-corrected chi connectivity index (χ0v) is 14.4. The molecule has 0 saturated heterocycles. The molecule has 0 aliphatic rings. The minimum absolute atomic E-state index is 0.0665. The first-order valence-electron chi connectivity index (χ1n) is 7.90. The van der Waals surface area contributed by atoms with Crippen LogP contribution in [0.5, 0.6) is 5.75 Å². The summed E-state index contributed by atoms with van der Waals surface area (Å²) in [5, 5.41) is 13.8. The Balaban J connectivity index is 1.53. The lowest BCUT2D eigenvalue weighted by Gasteiger charge is -2.06. The predicted molar refractivity (Wildman–Crippen MR) is 103 cm³/mol. The number of rotatable bonds is 4. The van der Waals surface area contributed by atoms with E-state index in [1.54, 1.807) is 30.3 Å². The molecule has 0 aliphatic heterocycles. The Bertz CT molecular complexity index is 1060. The molecule has 0 aliphatic carbocycles. The number of para-hydroxylation sites is 1. The number of phenolic OH excluding ortho intramolecular Hbond substituents is 1. The molecule has 2 aromatic carbocycles. The Morgan fingerprint density at radius 1 is 1.15 bits per heavy atom. The van der Waals surface area contributed by atoms with Crippen LogP contribution in [0.2, 0.25) is 0 Å². The van der Waals surface area contributed by atoms with Crippen LogP contribution in [0.25, 0.3) is 26.9 Å². The number of nitrogens with one attached hydrogen (secondary N) is 1. The molecule has 0 spiro atoms. The Labute approximate surface area is 153 Å². The van der Waals surface area contributed by atoms with E-state index in [4.69, 9.17) is 4.42 Å². The summed E-state index contributed by atoms with van der Waals surface area (Å²) in [5.41, 5.74) is 2.03. The van der Waals surface area contributed by atoms with Gasteiger partial charge in [0.2, 0.25) is 5.91 Å². The zero-order valence-electron chi connectivity index (χ0n) is 13.5. The SMILES string of the molecule is O=C(C=Cc1ccco1)Nc1ccc(-c2nc3ccccc3s2)c(O)c1. The number of hydrogen-bond acceptors (Lipinski definition) is 5. The third kappa shape index (κ3) is 3.36. The van der Waals surface area contributed by atoms with Crippen LogP contribution in [0.4, 0.5) is 5.69 Å². The highest BCUT2D eigenvalue weighted by atomic mass is 32.1. The first kappa shape index (κ1) is 16.1. The third-order valence-corrected chi connectivity index (χ3v) is 4.80. The summed E-state index contributed by atoms with van der Waals surface area (Å²) >= 11 is 1.51. The summed E-state index contributed by atoms with van der Waals surface area (Å²) in [6.07, 6.45) is 4.48. The number of carbonyl (C=O) groups is 1. The van der Waals surface area contributed by atoms with Crippen LogP contribution in [-0.2, 0) is 4.79 Å². The number of benzene rings is 2. The number of aromatic nitrogens is 1. The van der Waals surface area contributed by atoms with Crippen LogP contribution in [0.15, 0.2) is 71.4 Å². The highest BCUT2D eigenvalue weighted by Gasteiger charge is 2.11. The lowest BCUT2D eigenvalue weighted by Crippen LogP contribution is -2.07. The second kappa shape index (κ2) is 6.85. The van der Waals surface area contributed by atoms with Crippen molar-refractivity contribution in [2.75, 3.05) is 5.32 Å². The minimum Gasteiger partial charge on any atom is -0.507 e. The van der Waals surface area contributed by atoms with Gasteiger partial charge in [-0.1, -0.05) is 12.1 Å². The van der Waals surface area contributed by atoms with Crippen molar-refractivity contribution in [3.8, 4) is 16.3 Å². The largest absolute Gasteiger partial charge is 0.507 e. The Hall–Kier alpha value is -3.38. The Kier molecular flexibility index (Phi) is 4.25. The second-order valence-electron chi connectivity index (χ2n) is 5.56. The molecule has 0 atom stereocenters. The number of amides is 1. The normalized spacial score (nSPS) is 11.2. The molecule has 2 heterocycles. The first-order chi connectivity index (χ1) is 12.7. The summed E-state index contributed by atoms with van der Waals surface area (Å²) in [6.45, 7) is 0. The molecule has 2 N–H and O–H groups in total. The van der Waals surface area contributed by atoms with Gasteiger partial charge in [0, 0.05) is 17.8 Å². The number of thiazole rings is 1. The van der Waals surface area contributed by atoms with Crippen LogP contribution in [0, 0.1) is 0 Å². The zero-order chi connectivity index (χ0) is 17.9. The third-order valence-electron chi connectivity index (χ3n) is 3.73. The summed E-state index contributed by atoms with van der Waals surface area (Å²) in [4.78, 5) is 16.5. The standard InChI is InChI=1S/C20H14N2O3S/c23-17-12-13(21-19(24)10-8-14-4-3-11-25-14)7-9-15(17)20-22-16-5-1-2-6-18(16)26-20/h1-12,23H,(H,21,24). The molecular weight excluding hydrogens is 348 g/mol. The van der Waals surface area contributed by atoms with Crippen LogP contribution in [0.3, 0.4) is 0 Å². The minimum atomic E-state index is -0.312. The van der Waals surface area contributed by atoms with E-state index < -0.39 is 0 Å². The number of aromatic hydroxyl groups is 1. The van der Waals surface area contributed by atoms with Gasteiger partial charge in [-0.3, -0.25) is 4.79 Å². The van der Waals surface area contributed by atoms with Crippen molar-refractivity contribution in [3.05, 3.63) is 72.7 Å². The molecule has 5 nitrogen and oxygen atoms in total. The molecular formula is C20H14N2O3S. The van der Waals surface area contributed by atoms with Crippen molar-refractivity contribution in [2.45, 2.75) is 0 Å². The van der Waals surface area contributed by atoms with Crippen LogP contribution in [-0.4, -0.2) is 16.0 Å². The van der Waals surface area contributed by atoms with Crippen LogP contribution in [0.1, 0.15) is 5.76 Å². The molecule has 0 unspecified atom stereocenters. The van der Waals surface area contributed by atoms with Gasteiger partial charge in [-0.15, -0.1) is 11.3 Å². The van der Waals surface area contributed by atoms with Crippen molar-refractivity contribution in [2.24, 2.45) is 0 Å². The molecule has 128 valence electrons. The maximum Gasteiger partial charge on any atom is 0.248 e. The molecule has 2 aromatic heterocycles. The van der Waals surface area contributed by atoms with E-state index in [0.717, 1.165) is 15.2 Å². The molecule has 0 radical (unpaired) electrons. The fraction of sp³-hybridized carbons (Fsp3) is 0. The van der Waals surface area contributed by atoms with E-state index >= 15 is 0 Å². The number of fused-ring (bicyclic) bond motifs is 1. The summed E-state index contributed by atoms with van der Waals surface area (Å²) < 4.78 is 6.19. The van der Waals surface area contributed by atoms with Crippen molar-refractivity contribution in [1.82, 2.24) is 4.98 Å². The molecule has 4 aromatic rings. The lowest BCUT2D eigenvalue weighted by molar-refractivity contribution is -0.111.